The largest absolute Gasteiger partial charge is 0.395 e. The van der Waals surface area contributed by atoms with Gasteiger partial charge in [-0.3, -0.25) is 9.69 Å². The van der Waals surface area contributed by atoms with Gasteiger partial charge in [-0.2, -0.15) is 0 Å². The highest BCUT2D eigenvalue weighted by molar-refractivity contribution is 5.78. The van der Waals surface area contributed by atoms with Crippen LogP contribution in [0.5, 0.6) is 0 Å². The lowest BCUT2D eigenvalue weighted by Crippen LogP contribution is -2.39. The summed E-state index contributed by atoms with van der Waals surface area (Å²) in [6.45, 7) is 4.81. The fourth-order valence-corrected chi connectivity index (χ4v) is 0.863. The molecule has 0 aromatic heterocycles. The van der Waals surface area contributed by atoms with Gasteiger partial charge in [0.15, 0.2) is 0 Å². The van der Waals surface area contributed by atoms with E-state index in [2.05, 4.69) is 5.32 Å². The first kappa shape index (κ1) is 11.4. The summed E-state index contributed by atoms with van der Waals surface area (Å²) in [4.78, 5) is 12.9. The van der Waals surface area contributed by atoms with Crippen molar-refractivity contribution in [2.75, 3.05) is 26.7 Å². The normalized spacial score (nSPS) is 10.8. The maximum Gasteiger partial charge on any atom is 0.234 e. The number of hydrogen-bond acceptors (Lipinski definition) is 3. The van der Waals surface area contributed by atoms with Gasteiger partial charge < -0.3 is 10.4 Å². The maximum absolute atomic E-state index is 11.1. The molecule has 0 bridgehead atoms. The Morgan fingerprint density at radius 3 is 2.58 bits per heavy atom. The molecule has 0 unspecified atom stereocenters. The molecule has 0 aromatic rings. The zero-order valence-corrected chi connectivity index (χ0v) is 8.00. The van der Waals surface area contributed by atoms with E-state index < -0.39 is 0 Å². The van der Waals surface area contributed by atoms with Crippen molar-refractivity contribution in [3.63, 3.8) is 0 Å². The summed E-state index contributed by atoms with van der Waals surface area (Å²) < 4.78 is 0. The van der Waals surface area contributed by atoms with Crippen molar-refractivity contribution in [3.8, 4) is 0 Å². The summed E-state index contributed by atoms with van der Waals surface area (Å²) in [6.07, 6.45) is 0. The second kappa shape index (κ2) is 5.97. The van der Waals surface area contributed by atoms with Gasteiger partial charge in [-0.1, -0.05) is 0 Å². The van der Waals surface area contributed by atoms with Crippen molar-refractivity contribution < 1.29 is 9.90 Å². The summed E-state index contributed by atoms with van der Waals surface area (Å²) in [5.74, 6) is 0.000880. The Balaban J connectivity index is 3.54. The third-order valence-corrected chi connectivity index (χ3v) is 1.34. The highest BCUT2D eigenvalue weighted by Gasteiger charge is 2.05. The molecule has 12 heavy (non-hydrogen) atoms. The summed E-state index contributed by atoms with van der Waals surface area (Å²) in [5, 5.41) is 11.3. The highest BCUT2D eigenvalue weighted by Crippen LogP contribution is 1.82. The van der Waals surface area contributed by atoms with Crippen LogP contribution in [0.15, 0.2) is 0 Å². The number of aliphatic hydroxyl groups excluding tert-OH is 1. The minimum absolute atomic E-state index is 0.000880. The van der Waals surface area contributed by atoms with Crippen molar-refractivity contribution in [2.45, 2.75) is 19.9 Å². The first-order chi connectivity index (χ1) is 5.56. The van der Waals surface area contributed by atoms with E-state index in [1.54, 1.807) is 11.9 Å². The molecule has 0 fully saturated rings. The van der Waals surface area contributed by atoms with Gasteiger partial charge in [0.1, 0.15) is 0 Å². The van der Waals surface area contributed by atoms with Gasteiger partial charge in [-0.15, -0.1) is 0 Å². The molecule has 2 N–H and O–H groups in total. The fourth-order valence-electron chi connectivity index (χ4n) is 0.863. The second-order valence-corrected chi connectivity index (χ2v) is 3.18. The molecule has 0 spiro atoms. The van der Waals surface area contributed by atoms with Gasteiger partial charge in [-0.25, -0.2) is 0 Å². The Hall–Kier alpha value is -0.610. The summed E-state index contributed by atoms with van der Waals surface area (Å²) in [5.41, 5.74) is 0. The van der Waals surface area contributed by atoms with Crippen molar-refractivity contribution in [2.24, 2.45) is 0 Å². The third kappa shape index (κ3) is 6.12. The Morgan fingerprint density at radius 1 is 1.58 bits per heavy atom. The monoisotopic (exact) mass is 174 g/mol. The molecule has 0 aliphatic heterocycles. The molecule has 4 heteroatoms. The van der Waals surface area contributed by atoms with Gasteiger partial charge in [-0.05, 0) is 20.9 Å². The van der Waals surface area contributed by atoms with Crippen LogP contribution in [-0.2, 0) is 4.79 Å². The van der Waals surface area contributed by atoms with E-state index >= 15 is 0 Å². The van der Waals surface area contributed by atoms with Gasteiger partial charge in [0.2, 0.25) is 5.91 Å². The molecule has 0 aliphatic rings. The smallest absolute Gasteiger partial charge is 0.234 e. The number of aliphatic hydroxyl groups is 1. The molecule has 0 saturated heterocycles. The highest BCUT2D eigenvalue weighted by atomic mass is 16.3. The molecule has 0 atom stereocenters. The van der Waals surface area contributed by atoms with Crippen LogP contribution in [0.4, 0.5) is 0 Å². The van der Waals surface area contributed by atoms with Crippen molar-refractivity contribution in [3.05, 3.63) is 0 Å². The van der Waals surface area contributed by atoms with Crippen molar-refractivity contribution in [1.29, 1.82) is 0 Å². The molecule has 0 heterocycles. The Bertz CT molecular complexity index is 137. The molecule has 72 valence electrons. The Labute approximate surface area is 73.6 Å². The number of amides is 1. The molecule has 0 aromatic carbocycles. The third-order valence-electron chi connectivity index (χ3n) is 1.34. The van der Waals surface area contributed by atoms with E-state index in [0.29, 0.717) is 13.1 Å². The van der Waals surface area contributed by atoms with E-state index in [9.17, 15) is 4.79 Å². The van der Waals surface area contributed by atoms with Crippen LogP contribution < -0.4 is 5.32 Å². The summed E-state index contributed by atoms with van der Waals surface area (Å²) in [6, 6.07) is 0.181. The first-order valence-corrected chi connectivity index (χ1v) is 4.15. The predicted molar refractivity (Wildman–Crippen MR) is 47.9 cm³/mol. The van der Waals surface area contributed by atoms with Gasteiger partial charge in [0.25, 0.3) is 0 Å². The average Bonchev–Trinajstić information content (AvgIpc) is 1.84. The zero-order valence-electron chi connectivity index (χ0n) is 8.00. The molecule has 0 saturated carbocycles. The Morgan fingerprint density at radius 2 is 2.17 bits per heavy atom. The van der Waals surface area contributed by atoms with Crippen LogP contribution in [-0.4, -0.2) is 48.7 Å². The number of carbonyl (C=O) groups excluding carboxylic acids is 1. The van der Waals surface area contributed by atoms with Crippen LogP contribution >= 0.6 is 0 Å². The molecule has 4 nitrogen and oxygen atoms in total. The van der Waals surface area contributed by atoms with Crippen molar-refractivity contribution in [1.82, 2.24) is 10.2 Å². The van der Waals surface area contributed by atoms with Gasteiger partial charge >= 0.3 is 0 Å². The lowest BCUT2D eigenvalue weighted by Gasteiger charge is -2.15. The topological polar surface area (TPSA) is 52.6 Å². The average molecular weight is 174 g/mol. The molecule has 1 amide bonds. The number of hydrogen-bond donors (Lipinski definition) is 2. The van der Waals surface area contributed by atoms with Crippen molar-refractivity contribution >= 4 is 5.91 Å². The van der Waals surface area contributed by atoms with E-state index in [4.69, 9.17) is 5.11 Å². The fraction of sp³-hybridized carbons (Fsp3) is 0.875. The number of likely N-dealkylation sites (N-methyl/N-ethyl adjacent to an activating group) is 1. The number of rotatable bonds is 5. The van der Waals surface area contributed by atoms with E-state index in [-0.39, 0.29) is 18.6 Å². The van der Waals surface area contributed by atoms with Crippen LogP contribution in [0.3, 0.4) is 0 Å². The minimum Gasteiger partial charge on any atom is -0.395 e. The first-order valence-electron chi connectivity index (χ1n) is 4.15. The van der Waals surface area contributed by atoms with Crippen LogP contribution in [0.25, 0.3) is 0 Å². The molecular weight excluding hydrogens is 156 g/mol. The van der Waals surface area contributed by atoms with Gasteiger partial charge in [0.05, 0.1) is 13.2 Å². The SMILES string of the molecule is CC(C)NC(=O)CN(C)CCO. The number of nitrogens with one attached hydrogen (secondary N) is 1. The minimum atomic E-state index is 0.000880. The second-order valence-electron chi connectivity index (χ2n) is 3.18. The van der Waals surface area contributed by atoms with E-state index in [0.717, 1.165) is 0 Å². The summed E-state index contributed by atoms with van der Waals surface area (Å²) >= 11 is 0. The van der Waals surface area contributed by atoms with E-state index in [1.807, 2.05) is 13.8 Å². The predicted octanol–water partition coefficient (Wildman–Crippen LogP) is -0.565. The van der Waals surface area contributed by atoms with E-state index in [1.165, 1.54) is 0 Å². The van der Waals surface area contributed by atoms with Crippen LogP contribution in [0.1, 0.15) is 13.8 Å². The molecule has 0 rings (SSSR count). The molecule has 0 radical (unpaired) electrons. The quantitative estimate of drug-likeness (QED) is 0.587. The lowest BCUT2D eigenvalue weighted by molar-refractivity contribution is -0.122. The van der Waals surface area contributed by atoms with Crippen LogP contribution in [0.2, 0.25) is 0 Å². The molecular formula is C8H18N2O2. The number of nitrogens with zero attached hydrogens (tertiary/aromatic N) is 1. The lowest BCUT2D eigenvalue weighted by atomic mass is 10.4. The maximum atomic E-state index is 11.1. The zero-order chi connectivity index (χ0) is 9.56. The standard InChI is InChI=1S/C8H18N2O2/c1-7(2)9-8(12)6-10(3)4-5-11/h7,11H,4-6H2,1-3H3,(H,9,12). The Kier molecular flexibility index (Phi) is 5.66. The molecule has 0 aliphatic carbocycles. The number of carbonyl (C=O) groups is 1. The van der Waals surface area contributed by atoms with Gasteiger partial charge in [0, 0.05) is 12.6 Å². The van der Waals surface area contributed by atoms with Crippen LogP contribution in [0, 0.1) is 0 Å². The summed E-state index contributed by atoms with van der Waals surface area (Å²) in [7, 11) is 1.80.